The Morgan fingerprint density at radius 2 is 1.69 bits per heavy atom. The molecule has 0 radical (unpaired) electrons. The van der Waals surface area contributed by atoms with Crippen LogP contribution in [0.4, 0.5) is 11.4 Å². The second kappa shape index (κ2) is 10.7. The first-order valence-corrected chi connectivity index (χ1v) is 12.8. The highest BCUT2D eigenvalue weighted by molar-refractivity contribution is 6.43. The molecule has 1 aliphatic carbocycles. The Labute approximate surface area is 223 Å². The summed E-state index contributed by atoms with van der Waals surface area (Å²) in [6.45, 7) is 5.36. The number of hydrogen-bond donors (Lipinski definition) is 1. The molecule has 4 nitrogen and oxygen atoms in total. The maximum absolute atomic E-state index is 12.9. The first-order chi connectivity index (χ1) is 16.5. The molecule has 2 N–H and O–H groups in total. The van der Waals surface area contributed by atoms with Gasteiger partial charge in [0.25, 0.3) is 5.91 Å². The number of nitrogens with zero attached hydrogens (tertiary/aromatic N) is 2. The largest absolute Gasteiger partial charge is 0.367 e. The summed E-state index contributed by atoms with van der Waals surface area (Å²) in [4.78, 5) is 17.5. The van der Waals surface area contributed by atoms with Gasteiger partial charge in [-0.3, -0.25) is 4.79 Å². The first kappa shape index (κ1) is 25.7. The first-order valence-electron chi connectivity index (χ1n) is 12.0. The number of carbonyl (C=O) groups excluding carboxylic acids is 1. The lowest BCUT2D eigenvalue weighted by Crippen LogP contribution is -2.47. The summed E-state index contributed by atoms with van der Waals surface area (Å²) in [6, 6.07) is 16.5. The van der Waals surface area contributed by atoms with Crippen LogP contribution >= 0.6 is 35.6 Å². The monoisotopic (exact) mass is 529 g/mol. The van der Waals surface area contributed by atoms with Crippen LogP contribution in [0.3, 0.4) is 0 Å². The van der Waals surface area contributed by atoms with Crippen LogP contribution in [0.5, 0.6) is 0 Å². The number of nitrogens with two attached hydrogens (primary N) is 1. The van der Waals surface area contributed by atoms with Crippen LogP contribution in [0.1, 0.15) is 46.8 Å². The predicted molar refractivity (Wildman–Crippen MR) is 150 cm³/mol. The average Bonchev–Trinajstić information content (AvgIpc) is 3.21. The van der Waals surface area contributed by atoms with E-state index in [1.165, 1.54) is 22.3 Å². The number of amides is 1. The number of fused-ring (bicyclic) bond motifs is 3. The lowest BCUT2D eigenvalue weighted by atomic mass is 9.91. The van der Waals surface area contributed by atoms with E-state index in [1.54, 1.807) is 0 Å². The predicted octanol–water partition coefficient (Wildman–Crippen LogP) is 6.75. The molecule has 5 rings (SSSR count). The molecule has 0 spiro atoms. The van der Waals surface area contributed by atoms with Crippen molar-refractivity contribution in [3.8, 4) is 11.1 Å². The molecular weight excluding hydrogens is 501 g/mol. The molecule has 1 heterocycles. The Morgan fingerprint density at radius 3 is 2.40 bits per heavy atom. The number of primary amides is 1. The van der Waals surface area contributed by atoms with Crippen LogP contribution < -0.4 is 15.5 Å². The van der Waals surface area contributed by atoms with Gasteiger partial charge in [-0.25, -0.2) is 0 Å². The van der Waals surface area contributed by atoms with E-state index < -0.39 is 0 Å². The van der Waals surface area contributed by atoms with Gasteiger partial charge in [0.05, 0.1) is 27.0 Å². The second-order valence-corrected chi connectivity index (χ2v) is 9.92. The molecule has 184 valence electrons. The number of rotatable bonds is 6. The molecule has 1 amide bonds. The van der Waals surface area contributed by atoms with Crippen LogP contribution in [0.25, 0.3) is 11.1 Å². The van der Waals surface area contributed by atoms with Crippen molar-refractivity contribution in [2.24, 2.45) is 5.73 Å². The number of aryl methyl sites for hydroxylation is 1. The van der Waals surface area contributed by atoms with Crippen molar-refractivity contribution in [3.05, 3.63) is 80.8 Å². The Bertz CT molecular complexity index is 1250. The zero-order chi connectivity index (χ0) is 23.8. The van der Waals surface area contributed by atoms with Crippen LogP contribution in [-0.2, 0) is 12.8 Å². The van der Waals surface area contributed by atoms with E-state index in [0.29, 0.717) is 15.6 Å². The van der Waals surface area contributed by atoms with E-state index >= 15 is 0 Å². The molecule has 0 aromatic heterocycles. The Morgan fingerprint density at radius 1 is 0.971 bits per heavy atom. The summed E-state index contributed by atoms with van der Waals surface area (Å²) in [6.07, 6.45) is 3.86. The Balaban J connectivity index is 0.00000289. The zero-order valence-corrected chi connectivity index (χ0v) is 22.1. The molecule has 1 fully saturated rings. The maximum Gasteiger partial charge on any atom is 0.251 e. The van der Waals surface area contributed by atoms with Gasteiger partial charge in [0.1, 0.15) is 0 Å². The molecule has 0 atom stereocenters. The van der Waals surface area contributed by atoms with Crippen LogP contribution in [-0.4, -0.2) is 32.1 Å². The summed E-state index contributed by atoms with van der Waals surface area (Å²) >= 11 is 12.7. The Kier molecular flexibility index (Phi) is 7.85. The van der Waals surface area contributed by atoms with Crippen LogP contribution in [0.15, 0.2) is 48.5 Å². The molecule has 7 heteroatoms. The number of benzene rings is 3. The normalized spacial score (nSPS) is 14.4. The van der Waals surface area contributed by atoms with Gasteiger partial charge in [-0.15, -0.1) is 12.4 Å². The molecule has 35 heavy (non-hydrogen) atoms. The van der Waals surface area contributed by atoms with Crippen molar-refractivity contribution < 1.29 is 4.79 Å². The van der Waals surface area contributed by atoms with Gasteiger partial charge in [0, 0.05) is 26.2 Å². The fourth-order valence-electron chi connectivity index (χ4n) is 5.41. The van der Waals surface area contributed by atoms with Gasteiger partial charge in [-0.1, -0.05) is 66.9 Å². The van der Waals surface area contributed by atoms with Gasteiger partial charge < -0.3 is 15.5 Å². The van der Waals surface area contributed by atoms with E-state index in [2.05, 4.69) is 47.1 Å². The quantitative estimate of drug-likeness (QED) is 0.300. The minimum atomic E-state index is -0.335. The molecule has 0 unspecified atom stereocenters. The SMILES string of the molecule is CCCCc1cc2c(c(C(N)=O)c1N1CCN(c3cccc(Cl)c3Cl)CC1)Cc1ccccc1-2.Cl. The lowest BCUT2D eigenvalue weighted by Gasteiger charge is -2.39. The smallest absolute Gasteiger partial charge is 0.251 e. The lowest BCUT2D eigenvalue weighted by molar-refractivity contribution is 0.1000. The summed E-state index contributed by atoms with van der Waals surface area (Å²) in [5, 5.41) is 1.16. The highest BCUT2D eigenvalue weighted by Gasteiger charge is 2.31. The molecule has 0 bridgehead atoms. The number of unbranched alkanes of at least 4 members (excludes halogenated alkanes) is 1. The highest BCUT2D eigenvalue weighted by Crippen LogP contribution is 2.44. The summed E-state index contributed by atoms with van der Waals surface area (Å²) in [5.74, 6) is -0.335. The van der Waals surface area contributed by atoms with Crippen molar-refractivity contribution in [1.29, 1.82) is 0 Å². The van der Waals surface area contributed by atoms with Gasteiger partial charge in [0.2, 0.25) is 0 Å². The molecule has 2 aliphatic rings. The maximum atomic E-state index is 12.9. The van der Waals surface area contributed by atoms with E-state index in [0.717, 1.165) is 68.8 Å². The summed E-state index contributed by atoms with van der Waals surface area (Å²) in [7, 11) is 0. The van der Waals surface area contributed by atoms with Crippen molar-refractivity contribution in [2.45, 2.75) is 32.6 Å². The second-order valence-electron chi connectivity index (χ2n) is 9.13. The van der Waals surface area contributed by atoms with E-state index in [1.807, 2.05) is 18.2 Å². The number of piperazine rings is 1. The standard InChI is InChI=1S/C28H29Cl2N3O.ClH/c1-2-3-7-19-17-21-20-9-5-4-8-18(20)16-22(21)25(28(31)34)27(19)33-14-12-32(13-15-33)24-11-6-10-23(29)26(24)30;/h4-6,8-11,17H,2-3,7,12-16H2,1H3,(H2,31,34);1H. The minimum absolute atomic E-state index is 0. The molecule has 1 aliphatic heterocycles. The third-order valence-electron chi connectivity index (χ3n) is 7.08. The average molecular weight is 531 g/mol. The molecule has 3 aromatic carbocycles. The van der Waals surface area contributed by atoms with Gasteiger partial charge in [-0.2, -0.15) is 0 Å². The molecule has 1 saturated heterocycles. The van der Waals surface area contributed by atoms with Crippen molar-refractivity contribution in [1.82, 2.24) is 0 Å². The number of hydrogen-bond acceptors (Lipinski definition) is 3. The number of anilines is 2. The third-order valence-corrected chi connectivity index (χ3v) is 7.88. The van der Waals surface area contributed by atoms with Crippen LogP contribution in [0.2, 0.25) is 10.0 Å². The summed E-state index contributed by atoms with van der Waals surface area (Å²) in [5.41, 5.74) is 14.7. The fraction of sp³-hybridized carbons (Fsp3) is 0.321. The topological polar surface area (TPSA) is 49.6 Å². The van der Waals surface area contributed by atoms with Gasteiger partial charge in [-0.05, 0) is 65.3 Å². The zero-order valence-electron chi connectivity index (χ0n) is 19.8. The van der Waals surface area contributed by atoms with Crippen molar-refractivity contribution >= 4 is 52.9 Å². The fourth-order valence-corrected chi connectivity index (χ4v) is 5.83. The molecule has 3 aromatic rings. The van der Waals surface area contributed by atoms with Crippen molar-refractivity contribution in [2.75, 3.05) is 36.0 Å². The highest BCUT2D eigenvalue weighted by atomic mass is 35.5. The molecular formula is C28H30Cl3N3O. The van der Waals surface area contributed by atoms with E-state index in [9.17, 15) is 4.79 Å². The number of halogens is 3. The van der Waals surface area contributed by atoms with E-state index in [4.69, 9.17) is 28.9 Å². The Hall–Kier alpha value is -2.40. The number of carbonyl (C=O) groups is 1. The van der Waals surface area contributed by atoms with Crippen molar-refractivity contribution in [3.63, 3.8) is 0 Å². The van der Waals surface area contributed by atoms with Crippen LogP contribution in [0, 0.1) is 0 Å². The third kappa shape index (κ3) is 4.72. The van der Waals surface area contributed by atoms with Gasteiger partial charge in [0.15, 0.2) is 0 Å². The van der Waals surface area contributed by atoms with Gasteiger partial charge >= 0.3 is 0 Å². The minimum Gasteiger partial charge on any atom is -0.367 e. The van der Waals surface area contributed by atoms with E-state index in [-0.39, 0.29) is 18.3 Å². The summed E-state index contributed by atoms with van der Waals surface area (Å²) < 4.78 is 0. The molecule has 0 saturated carbocycles.